The maximum atomic E-state index is 13.0. The van der Waals surface area contributed by atoms with E-state index in [4.69, 9.17) is 5.73 Å². The summed E-state index contributed by atoms with van der Waals surface area (Å²) in [5.41, 5.74) is 8.10. The van der Waals surface area contributed by atoms with Gasteiger partial charge in [0, 0.05) is 23.7 Å². The van der Waals surface area contributed by atoms with Crippen LogP contribution in [0.25, 0.3) is 11.3 Å². The molecular formula is C25H28N6O2. The Morgan fingerprint density at radius 2 is 1.88 bits per heavy atom. The summed E-state index contributed by atoms with van der Waals surface area (Å²) >= 11 is 0. The standard InChI is InChI=1S/C25H28N6O2/c1-25(2,18-9-4-3-5-10-18)31-23(32)17-8-6-7-16(13-17)20-15-28-22(26)21(30-20)24(33)29-19-11-12-27-14-19/h3-10,13,15,19,27H,11-12,14H2,1-2H3,(H2,26,28)(H,29,33)(H,31,32)/t19-/m0/s1. The second-order valence-corrected chi connectivity index (χ2v) is 8.68. The van der Waals surface area contributed by atoms with E-state index >= 15 is 0 Å². The van der Waals surface area contributed by atoms with E-state index in [2.05, 4.69) is 25.9 Å². The molecule has 0 radical (unpaired) electrons. The fourth-order valence-corrected chi connectivity index (χ4v) is 3.84. The normalized spacial score (nSPS) is 15.8. The van der Waals surface area contributed by atoms with Crippen LogP contribution in [0, 0.1) is 0 Å². The van der Waals surface area contributed by atoms with Crippen molar-refractivity contribution in [3.8, 4) is 11.3 Å². The van der Waals surface area contributed by atoms with Gasteiger partial charge in [0.25, 0.3) is 11.8 Å². The first-order chi connectivity index (χ1) is 15.8. The van der Waals surface area contributed by atoms with Gasteiger partial charge in [0.15, 0.2) is 11.5 Å². The average molecular weight is 445 g/mol. The van der Waals surface area contributed by atoms with Gasteiger partial charge < -0.3 is 21.7 Å². The van der Waals surface area contributed by atoms with E-state index in [0.717, 1.165) is 25.1 Å². The highest BCUT2D eigenvalue weighted by Crippen LogP contribution is 2.23. The molecule has 33 heavy (non-hydrogen) atoms. The van der Waals surface area contributed by atoms with Gasteiger partial charge in [-0.25, -0.2) is 9.97 Å². The Balaban J connectivity index is 1.55. The Labute approximate surface area is 193 Å². The van der Waals surface area contributed by atoms with Gasteiger partial charge in [-0.05, 0) is 44.5 Å². The largest absolute Gasteiger partial charge is 0.382 e. The molecule has 170 valence electrons. The molecule has 4 rings (SSSR count). The lowest BCUT2D eigenvalue weighted by Crippen LogP contribution is -2.40. The lowest BCUT2D eigenvalue weighted by Gasteiger charge is -2.27. The second-order valence-electron chi connectivity index (χ2n) is 8.68. The van der Waals surface area contributed by atoms with E-state index in [9.17, 15) is 9.59 Å². The van der Waals surface area contributed by atoms with Crippen molar-refractivity contribution in [3.63, 3.8) is 0 Å². The van der Waals surface area contributed by atoms with Crippen LogP contribution in [0.2, 0.25) is 0 Å². The molecule has 0 unspecified atom stereocenters. The molecule has 0 aliphatic carbocycles. The molecule has 1 atom stereocenters. The number of nitrogen functional groups attached to an aromatic ring is 1. The summed E-state index contributed by atoms with van der Waals surface area (Å²) in [6.45, 7) is 5.50. The minimum Gasteiger partial charge on any atom is -0.382 e. The van der Waals surface area contributed by atoms with Crippen LogP contribution in [0.4, 0.5) is 5.82 Å². The van der Waals surface area contributed by atoms with Gasteiger partial charge in [0.1, 0.15) is 0 Å². The summed E-state index contributed by atoms with van der Waals surface area (Å²) < 4.78 is 0. The van der Waals surface area contributed by atoms with Crippen molar-refractivity contribution in [1.82, 2.24) is 25.9 Å². The molecule has 8 nitrogen and oxygen atoms in total. The third-order valence-electron chi connectivity index (χ3n) is 5.75. The highest BCUT2D eigenvalue weighted by atomic mass is 16.2. The zero-order valence-corrected chi connectivity index (χ0v) is 18.8. The van der Waals surface area contributed by atoms with E-state index in [1.807, 2.05) is 50.2 Å². The highest BCUT2D eigenvalue weighted by molar-refractivity contribution is 5.98. The zero-order chi connectivity index (χ0) is 23.4. The number of carbonyl (C=O) groups is 2. The lowest BCUT2D eigenvalue weighted by atomic mass is 9.94. The first-order valence-corrected chi connectivity index (χ1v) is 11.0. The first-order valence-electron chi connectivity index (χ1n) is 11.0. The fraction of sp³-hybridized carbons (Fsp3) is 0.280. The third-order valence-corrected chi connectivity index (χ3v) is 5.75. The molecule has 2 aromatic carbocycles. The number of carbonyl (C=O) groups excluding carboxylic acids is 2. The van der Waals surface area contributed by atoms with Gasteiger partial charge >= 0.3 is 0 Å². The van der Waals surface area contributed by atoms with Gasteiger partial charge in [-0.15, -0.1) is 0 Å². The number of amides is 2. The molecule has 2 amide bonds. The zero-order valence-electron chi connectivity index (χ0n) is 18.8. The molecule has 2 heterocycles. The lowest BCUT2D eigenvalue weighted by molar-refractivity contribution is 0.0909. The van der Waals surface area contributed by atoms with Crippen molar-refractivity contribution in [2.45, 2.75) is 31.8 Å². The van der Waals surface area contributed by atoms with Crippen molar-refractivity contribution in [2.24, 2.45) is 0 Å². The Morgan fingerprint density at radius 3 is 2.61 bits per heavy atom. The number of nitrogens with two attached hydrogens (primary N) is 1. The number of rotatable bonds is 6. The number of nitrogens with one attached hydrogen (secondary N) is 3. The van der Waals surface area contributed by atoms with Crippen LogP contribution in [0.5, 0.6) is 0 Å². The molecular weight excluding hydrogens is 416 g/mol. The first kappa shape index (κ1) is 22.4. The van der Waals surface area contributed by atoms with Crippen LogP contribution in [0.1, 0.15) is 46.7 Å². The van der Waals surface area contributed by atoms with Gasteiger partial charge in [-0.1, -0.05) is 42.5 Å². The maximum Gasteiger partial charge on any atom is 0.274 e. The molecule has 8 heteroatoms. The van der Waals surface area contributed by atoms with Crippen molar-refractivity contribution in [1.29, 1.82) is 0 Å². The number of hydrogen-bond acceptors (Lipinski definition) is 6. The van der Waals surface area contributed by atoms with Gasteiger partial charge in [0.2, 0.25) is 0 Å². The molecule has 1 fully saturated rings. The smallest absolute Gasteiger partial charge is 0.274 e. The van der Waals surface area contributed by atoms with Crippen molar-refractivity contribution in [3.05, 3.63) is 77.6 Å². The minimum atomic E-state index is -0.546. The van der Waals surface area contributed by atoms with Crippen LogP contribution in [-0.2, 0) is 5.54 Å². The van der Waals surface area contributed by atoms with E-state index in [0.29, 0.717) is 16.8 Å². The summed E-state index contributed by atoms with van der Waals surface area (Å²) in [6, 6.07) is 16.9. The molecule has 1 aliphatic rings. The Kier molecular flexibility index (Phi) is 6.37. The Hall–Kier alpha value is -3.78. The minimum absolute atomic E-state index is 0.0438. The summed E-state index contributed by atoms with van der Waals surface area (Å²) in [7, 11) is 0. The topological polar surface area (TPSA) is 122 Å². The summed E-state index contributed by atoms with van der Waals surface area (Å²) in [4.78, 5) is 34.3. The van der Waals surface area contributed by atoms with E-state index in [1.165, 1.54) is 6.20 Å². The third kappa shape index (κ3) is 5.18. The highest BCUT2D eigenvalue weighted by Gasteiger charge is 2.24. The van der Waals surface area contributed by atoms with E-state index < -0.39 is 5.54 Å². The molecule has 1 aliphatic heterocycles. The number of nitrogens with zero attached hydrogens (tertiary/aromatic N) is 2. The average Bonchev–Trinajstić information content (AvgIpc) is 3.33. The molecule has 1 saturated heterocycles. The van der Waals surface area contributed by atoms with Gasteiger partial charge in [-0.2, -0.15) is 0 Å². The van der Waals surface area contributed by atoms with Crippen LogP contribution >= 0.6 is 0 Å². The maximum absolute atomic E-state index is 13.0. The van der Waals surface area contributed by atoms with Crippen molar-refractivity contribution < 1.29 is 9.59 Å². The van der Waals surface area contributed by atoms with Gasteiger partial charge in [-0.3, -0.25) is 9.59 Å². The monoisotopic (exact) mass is 444 g/mol. The summed E-state index contributed by atoms with van der Waals surface area (Å²) in [6.07, 6.45) is 2.36. The summed E-state index contributed by atoms with van der Waals surface area (Å²) in [5.74, 6) is -0.490. The predicted molar refractivity (Wildman–Crippen MR) is 128 cm³/mol. The molecule has 5 N–H and O–H groups in total. The number of anilines is 1. The van der Waals surface area contributed by atoms with E-state index in [-0.39, 0.29) is 29.4 Å². The fourth-order valence-electron chi connectivity index (χ4n) is 3.84. The van der Waals surface area contributed by atoms with Crippen molar-refractivity contribution in [2.75, 3.05) is 18.8 Å². The molecule has 0 bridgehead atoms. The number of benzene rings is 2. The van der Waals surface area contributed by atoms with Crippen molar-refractivity contribution >= 4 is 17.6 Å². The number of aromatic nitrogens is 2. The van der Waals surface area contributed by atoms with Crippen LogP contribution in [-0.4, -0.2) is 40.9 Å². The van der Waals surface area contributed by atoms with Gasteiger partial charge in [0.05, 0.1) is 17.4 Å². The van der Waals surface area contributed by atoms with Crippen LogP contribution in [0.15, 0.2) is 60.8 Å². The Bertz CT molecular complexity index is 1160. The molecule has 3 aromatic rings. The number of hydrogen-bond donors (Lipinski definition) is 4. The molecule has 0 saturated carbocycles. The summed E-state index contributed by atoms with van der Waals surface area (Å²) in [5, 5.41) is 9.22. The Morgan fingerprint density at radius 1 is 1.09 bits per heavy atom. The second kappa shape index (κ2) is 9.38. The predicted octanol–water partition coefficient (Wildman–Crippen LogP) is 2.48. The quantitative estimate of drug-likeness (QED) is 0.463. The van der Waals surface area contributed by atoms with E-state index in [1.54, 1.807) is 18.2 Å². The van der Waals surface area contributed by atoms with Crippen LogP contribution < -0.4 is 21.7 Å². The molecule has 1 aromatic heterocycles. The van der Waals surface area contributed by atoms with Crippen LogP contribution in [0.3, 0.4) is 0 Å². The SMILES string of the molecule is CC(C)(NC(=O)c1cccc(-c2cnc(N)c(C(=O)N[C@H]3CCNC3)n2)c1)c1ccccc1. The molecule has 0 spiro atoms.